The first-order valence-electron chi connectivity index (χ1n) is 7.82. The summed E-state index contributed by atoms with van der Waals surface area (Å²) in [4.78, 5) is 12.0. The van der Waals surface area contributed by atoms with Gasteiger partial charge in [-0.25, -0.2) is 0 Å². The van der Waals surface area contributed by atoms with Crippen LogP contribution in [0.25, 0.3) is 0 Å². The summed E-state index contributed by atoms with van der Waals surface area (Å²) in [6.07, 6.45) is 3.80. The molecule has 1 saturated carbocycles. The van der Waals surface area contributed by atoms with Gasteiger partial charge in [0, 0.05) is 18.7 Å². The quantitative estimate of drug-likeness (QED) is 0.762. The van der Waals surface area contributed by atoms with E-state index >= 15 is 0 Å². The van der Waals surface area contributed by atoms with Gasteiger partial charge in [-0.3, -0.25) is 4.79 Å². The lowest BCUT2D eigenvalue weighted by Crippen LogP contribution is -2.44. The fraction of sp³-hybridized carbons (Fsp3) is 0.938. The van der Waals surface area contributed by atoms with E-state index in [2.05, 4.69) is 12.2 Å². The molecular formula is C16H31NO3. The summed E-state index contributed by atoms with van der Waals surface area (Å²) >= 11 is 0. The van der Waals surface area contributed by atoms with Crippen LogP contribution in [0.2, 0.25) is 0 Å². The molecule has 4 heteroatoms. The molecule has 1 aliphatic rings. The van der Waals surface area contributed by atoms with Crippen LogP contribution >= 0.6 is 0 Å². The maximum atomic E-state index is 12.0. The van der Waals surface area contributed by atoms with Crippen molar-refractivity contribution in [3.63, 3.8) is 0 Å². The van der Waals surface area contributed by atoms with Gasteiger partial charge in [-0.2, -0.15) is 0 Å². The lowest BCUT2D eigenvalue weighted by atomic mass is 9.85. The zero-order valence-corrected chi connectivity index (χ0v) is 13.6. The van der Waals surface area contributed by atoms with Crippen LogP contribution in [-0.4, -0.2) is 35.4 Å². The van der Waals surface area contributed by atoms with E-state index < -0.39 is 5.60 Å². The Morgan fingerprint density at radius 3 is 2.25 bits per heavy atom. The van der Waals surface area contributed by atoms with Crippen LogP contribution in [0.5, 0.6) is 0 Å². The van der Waals surface area contributed by atoms with E-state index in [-0.39, 0.29) is 24.4 Å². The zero-order chi connectivity index (χ0) is 15.3. The number of aliphatic hydroxyl groups excluding tert-OH is 1. The summed E-state index contributed by atoms with van der Waals surface area (Å²) in [6.45, 7) is 10.1. The second kappa shape index (κ2) is 7.41. The predicted molar refractivity (Wildman–Crippen MR) is 80.4 cm³/mol. The van der Waals surface area contributed by atoms with Gasteiger partial charge in [0.05, 0.1) is 5.92 Å². The third-order valence-corrected chi connectivity index (χ3v) is 4.11. The van der Waals surface area contributed by atoms with Gasteiger partial charge in [0.1, 0.15) is 5.60 Å². The molecule has 1 fully saturated rings. The number of hydrogen-bond donors (Lipinski definition) is 2. The minimum absolute atomic E-state index is 0.0484. The molecule has 2 N–H and O–H groups in total. The first-order valence-corrected chi connectivity index (χ1v) is 7.82. The first-order chi connectivity index (χ1) is 9.23. The molecule has 0 radical (unpaired) electrons. The third-order valence-electron chi connectivity index (χ3n) is 4.11. The van der Waals surface area contributed by atoms with Crippen molar-refractivity contribution >= 4 is 5.97 Å². The normalized spacial score (nSPS) is 26.9. The van der Waals surface area contributed by atoms with Crippen LogP contribution in [0.15, 0.2) is 0 Å². The summed E-state index contributed by atoms with van der Waals surface area (Å²) < 4.78 is 5.46. The molecule has 2 atom stereocenters. The molecule has 0 saturated heterocycles. The van der Waals surface area contributed by atoms with Gasteiger partial charge in [0.25, 0.3) is 0 Å². The third kappa shape index (κ3) is 5.80. The Labute approximate surface area is 123 Å². The van der Waals surface area contributed by atoms with Crippen LogP contribution in [0, 0.1) is 11.8 Å². The van der Waals surface area contributed by atoms with Crippen LogP contribution in [0.3, 0.4) is 0 Å². The molecule has 0 aromatic carbocycles. The van der Waals surface area contributed by atoms with Crippen LogP contribution in [0.1, 0.15) is 60.3 Å². The van der Waals surface area contributed by atoms with Gasteiger partial charge in [-0.15, -0.1) is 0 Å². The summed E-state index contributed by atoms with van der Waals surface area (Å²) in [5.74, 6) is 0.268. The molecule has 0 aliphatic heterocycles. The highest BCUT2D eigenvalue weighted by Gasteiger charge is 2.30. The van der Waals surface area contributed by atoms with E-state index in [1.54, 1.807) is 0 Å². The molecule has 1 rings (SSSR count). The molecule has 0 amide bonds. The molecule has 20 heavy (non-hydrogen) atoms. The second-order valence-electron chi connectivity index (χ2n) is 7.20. The molecule has 4 nitrogen and oxygen atoms in total. The van der Waals surface area contributed by atoms with Crippen molar-refractivity contribution in [2.75, 3.05) is 6.61 Å². The van der Waals surface area contributed by atoms with Gasteiger partial charge in [-0.05, 0) is 59.3 Å². The van der Waals surface area contributed by atoms with Crippen molar-refractivity contribution in [3.05, 3.63) is 0 Å². The van der Waals surface area contributed by atoms with Crippen molar-refractivity contribution < 1.29 is 14.6 Å². The smallest absolute Gasteiger partial charge is 0.309 e. The van der Waals surface area contributed by atoms with Crippen molar-refractivity contribution in [2.24, 2.45) is 11.8 Å². The summed E-state index contributed by atoms with van der Waals surface area (Å²) in [7, 11) is 0. The highest BCUT2D eigenvalue weighted by Crippen LogP contribution is 2.27. The van der Waals surface area contributed by atoms with E-state index in [0.717, 1.165) is 25.7 Å². The van der Waals surface area contributed by atoms with Gasteiger partial charge >= 0.3 is 5.97 Å². The standard InChI is InChI=1S/C16H31NO3/c1-11(10-18)12(2)17-14-8-6-13(7-9-14)15(19)20-16(3,4)5/h11-14,17-18H,6-10H2,1-5H3. The van der Waals surface area contributed by atoms with Crippen LogP contribution in [-0.2, 0) is 9.53 Å². The van der Waals surface area contributed by atoms with Crippen LogP contribution < -0.4 is 5.32 Å². The molecular weight excluding hydrogens is 254 g/mol. The number of rotatable bonds is 5. The number of esters is 1. The van der Waals surface area contributed by atoms with Crippen LogP contribution in [0.4, 0.5) is 0 Å². The maximum Gasteiger partial charge on any atom is 0.309 e. The van der Waals surface area contributed by atoms with E-state index in [9.17, 15) is 4.79 Å². The van der Waals surface area contributed by atoms with Gasteiger partial charge in [0.2, 0.25) is 0 Å². The monoisotopic (exact) mass is 285 g/mol. The summed E-state index contributed by atoms with van der Waals surface area (Å²) in [5.41, 5.74) is -0.392. The Bertz CT molecular complexity index is 303. The molecule has 0 spiro atoms. The van der Waals surface area contributed by atoms with Gasteiger partial charge in [-0.1, -0.05) is 6.92 Å². The molecule has 1 aliphatic carbocycles. The largest absolute Gasteiger partial charge is 0.460 e. The van der Waals surface area contributed by atoms with Crippen molar-refractivity contribution in [2.45, 2.75) is 78.0 Å². The Morgan fingerprint density at radius 1 is 1.25 bits per heavy atom. The topological polar surface area (TPSA) is 58.6 Å². The average molecular weight is 285 g/mol. The molecule has 2 unspecified atom stereocenters. The van der Waals surface area contributed by atoms with Crippen molar-refractivity contribution in [3.8, 4) is 0 Å². The Morgan fingerprint density at radius 2 is 1.80 bits per heavy atom. The van der Waals surface area contributed by atoms with E-state index in [1.165, 1.54) is 0 Å². The summed E-state index contributed by atoms with van der Waals surface area (Å²) in [6, 6.07) is 0.765. The van der Waals surface area contributed by atoms with E-state index in [4.69, 9.17) is 9.84 Å². The van der Waals surface area contributed by atoms with Crippen molar-refractivity contribution in [1.82, 2.24) is 5.32 Å². The Kier molecular flexibility index (Phi) is 6.46. The number of carbonyl (C=O) groups is 1. The SMILES string of the molecule is CC(CO)C(C)NC1CCC(C(=O)OC(C)(C)C)CC1. The predicted octanol–water partition coefficient (Wildman–Crippen LogP) is 2.49. The highest BCUT2D eigenvalue weighted by atomic mass is 16.6. The Hall–Kier alpha value is -0.610. The maximum absolute atomic E-state index is 12.0. The van der Waals surface area contributed by atoms with E-state index in [0.29, 0.717) is 12.1 Å². The molecule has 0 aromatic rings. The number of nitrogens with one attached hydrogen (secondary N) is 1. The van der Waals surface area contributed by atoms with Gasteiger partial charge < -0.3 is 15.2 Å². The number of aliphatic hydroxyl groups is 1. The molecule has 0 heterocycles. The van der Waals surface area contributed by atoms with E-state index in [1.807, 2.05) is 27.7 Å². The molecule has 0 aromatic heterocycles. The van der Waals surface area contributed by atoms with Gasteiger partial charge in [0.15, 0.2) is 0 Å². The number of carbonyl (C=O) groups excluding carboxylic acids is 1. The van der Waals surface area contributed by atoms with Crippen molar-refractivity contribution in [1.29, 1.82) is 0 Å². The Balaban J connectivity index is 2.35. The fourth-order valence-corrected chi connectivity index (χ4v) is 2.58. The second-order valence-corrected chi connectivity index (χ2v) is 7.20. The lowest BCUT2D eigenvalue weighted by molar-refractivity contribution is -0.161. The fourth-order valence-electron chi connectivity index (χ4n) is 2.58. The molecule has 118 valence electrons. The minimum atomic E-state index is -0.392. The zero-order valence-electron chi connectivity index (χ0n) is 13.6. The minimum Gasteiger partial charge on any atom is -0.460 e. The first kappa shape index (κ1) is 17.4. The lowest BCUT2D eigenvalue weighted by Gasteiger charge is -2.33. The molecule has 0 bridgehead atoms. The number of ether oxygens (including phenoxy) is 1. The summed E-state index contributed by atoms with van der Waals surface area (Å²) in [5, 5.41) is 12.7. The average Bonchev–Trinajstić information content (AvgIpc) is 2.36. The highest BCUT2D eigenvalue weighted by molar-refractivity contribution is 5.73. The number of hydrogen-bond acceptors (Lipinski definition) is 4.